The molecule has 0 aliphatic heterocycles. The number of hydrogen-bond acceptors (Lipinski definition) is 2. The van der Waals surface area contributed by atoms with Gasteiger partial charge >= 0.3 is 0 Å². The van der Waals surface area contributed by atoms with Crippen molar-refractivity contribution >= 4 is 10.9 Å². The lowest BCUT2D eigenvalue weighted by molar-refractivity contribution is 0.191. The van der Waals surface area contributed by atoms with E-state index in [1.807, 2.05) is 30.5 Å². The Labute approximate surface area is 92.3 Å². The number of fused-ring (bicyclic) bond motifs is 1. The number of aliphatic hydroxyl groups is 1. The molecule has 0 aliphatic rings. The molecule has 1 atom stereocenters. The Hall–Kier alpha value is -2.00. The van der Waals surface area contributed by atoms with E-state index in [0.717, 1.165) is 16.5 Å². The van der Waals surface area contributed by atoms with Gasteiger partial charge in [-0.2, -0.15) is 0 Å². The molecule has 0 aliphatic carbocycles. The molecule has 3 aromatic rings. The fourth-order valence-electron chi connectivity index (χ4n) is 1.95. The minimum Gasteiger partial charge on any atom is -0.466 e. The van der Waals surface area contributed by atoms with Crippen LogP contribution in [0.25, 0.3) is 10.9 Å². The Morgan fingerprint density at radius 2 is 2.06 bits per heavy atom. The second kappa shape index (κ2) is 3.54. The quantitative estimate of drug-likeness (QED) is 0.687. The van der Waals surface area contributed by atoms with E-state index >= 15 is 0 Å². The molecule has 3 heteroatoms. The SMILES string of the molecule is OC(c1ccco1)c1cccc2[nH]ccc12. The molecule has 3 rings (SSSR count). The van der Waals surface area contributed by atoms with E-state index in [1.165, 1.54) is 0 Å². The third-order valence-electron chi connectivity index (χ3n) is 2.74. The molecule has 0 amide bonds. The third kappa shape index (κ3) is 1.33. The molecule has 0 radical (unpaired) electrons. The summed E-state index contributed by atoms with van der Waals surface area (Å²) in [6, 6.07) is 11.3. The largest absolute Gasteiger partial charge is 0.466 e. The second-order valence-corrected chi connectivity index (χ2v) is 3.70. The normalized spacial score (nSPS) is 13.1. The molecule has 0 spiro atoms. The van der Waals surface area contributed by atoms with Crippen molar-refractivity contribution < 1.29 is 9.52 Å². The van der Waals surface area contributed by atoms with Crippen LogP contribution in [0.5, 0.6) is 0 Å². The molecule has 0 saturated carbocycles. The number of furan rings is 1. The number of nitrogens with one attached hydrogen (secondary N) is 1. The van der Waals surface area contributed by atoms with E-state index in [-0.39, 0.29) is 0 Å². The minimum atomic E-state index is -0.713. The van der Waals surface area contributed by atoms with Crippen molar-refractivity contribution in [3.63, 3.8) is 0 Å². The summed E-state index contributed by atoms with van der Waals surface area (Å²) in [6.07, 6.45) is 2.72. The second-order valence-electron chi connectivity index (χ2n) is 3.70. The molecule has 2 aromatic heterocycles. The summed E-state index contributed by atoms with van der Waals surface area (Å²) in [5.74, 6) is 0.564. The van der Waals surface area contributed by atoms with Gasteiger partial charge in [0.15, 0.2) is 0 Å². The van der Waals surface area contributed by atoms with Gasteiger partial charge in [0.1, 0.15) is 11.9 Å². The lowest BCUT2D eigenvalue weighted by atomic mass is 10.0. The first-order valence-electron chi connectivity index (χ1n) is 5.14. The van der Waals surface area contributed by atoms with Gasteiger partial charge in [-0.1, -0.05) is 12.1 Å². The molecule has 1 aromatic carbocycles. The lowest BCUT2D eigenvalue weighted by Crippen LogP contribution is -1.98. The van der Waals surface area contributed by atoms with Crippen molar-refractivity contribution in [2.24, 2.45) is 0 Å². The number of aromatic nitrogens is 1. The highest BCUT2D eigenvalue weighted by Gasteiger charge is 2.15. The predicted molar refractivity (Wildman–Crippen MR) is 61.1 cm³/mol. The van der Waals surface area contributed by atoms with Crippen LogP contribution in [0.4, 0.5) is 0 Å². The highest BCUT2D eigenvalue weighted by molar-refractivity contribution is 5.83. The summed E-state index contributed by atoms with van der Waals surface area (Å²) in [7, 11) is 0. The maximum absolute atomic E-state index is 10.2. The molecule has 0 saturated heterocycles. The number of aromatic amines is 1. The van der Waals surface area contributed by atoms with Crippen molar-refractivity contribution in [1.82, 2.24) is 4.98 Å². The van der Waals surface area contributed by atoms with Crippen LogP contribution in [0.15, 0.2) is 53.3 Å². The molecule has 1 unspecified atom stereocenters. The summed E-state index contributed by atoms with van der Waals surface area (Å²) in [5, 5.41) is 11.2. The maximum Gasteiger partial charge on any atom is 0.137 e. The Bertz CT molecular complexity index is 595. The standard InChI is InChI=1S/C13H11NO2/c15-13(12-5-2-8-16-12)10-3-1-4-11-9(10)6-7-14-11/h1-8,13-15H. The molecular formula is C13H11NO2. The molecule has 2 N–H and O–H groups in total. The lowest BCUT2D eigenvalue weighted by Gasteiger charge is -2.09. The van der Waals surface area contributed by atoms with E-state index in [0.29, 0.717) is 5.76 Å². The van der Waals surface area contributed by atoms with Crippen LogP contribution < -0.4 is 0 Å². The average molecular weight is 213 g/mol. The minimum absolute atomic E-state index is 0.564. The van der Waals surface area contributed by atoms with Crippen molar-refractivity contribution in [3.05, 3.63) is 60.2 Å². The van der Waals surface area contributed by atoms with Crippen molar-refractivity contribution in [2.45, 2.75) is 6.10 Å². The predicted octanol–water partition coefficient (Wildman–Crippen LogP) is 2.84. The number of aliphatic hydroxyl groups excluding tert-OH is 1. The molecule has 0 bridgehead atoms. The Morgan fingerprint density at radius 3 is 2.88 bits per heavy atom. The Balaban J connectivity index is 2.15. The van der Waals surface area contributed by atoms with Crippen LogP contribution in [-0.2, 0) is 0 Å². The molecule has 2 heterocycles. The molecule has 16 heavy (non-hydrogen) atoms. The highest BCUT2D eigenvalue weighted by atomic mass is 16.4. The summed E-state index contributed by atoms with van der Waals surface area (Å²) in [4.78, 5) is 3.12. The number of H-pyrrole nitrogens is 1. The van der Waals surface area contributed by atoms with Crippen LogP contribution >= 0.6 is 0 Å². The first kappa shape index (κ1) is 9.24. The fraction of sp³-hybridized carbons (Fsp3) is 0.0769. The van der Waals surface area contributed by atoms with Gasteiger partial charge in [0, 0.05) is 17.1 Å². The van der Waals surface area contributed by atoms with Crippen LogP contribution in [0.2, 0.25) is 0 Å². The van der Waals surface area contributed by atoms with Crippen molar-refractivity contribution in [2.75, 3.05) is 0 Å². The third-order valence-corrected chi connectivity index (χ3v) is 2.74. The number of rotatable bonds is 2. The van der Waals surface area contributed by atoms with E-state index in [9.17, 15) is 5.11 Å². The smallest absolute Gasteiger partial charge is 0.137 e. The monoisotopic (exact) mass is 213 g/mol. The average Bonchev–Trinajstić information content (AvgIpc) is 2.98. The fourth-order valence-corrected chi connectivity index (χ4v) is 1.95. The summed E-state index contributed by atoms with van der Waals surface area (Å²) < 4.78 is 5.21. The molecule has 0 fully saturated rings. The first-order chi connectivity index (χ1) is 7.86. The first-order valence-corrected chi connectivity index (χ1v) is 5.14. The van der Waals surface area contributed by atoms with Gasteiger partial charge in [0.2, 0.25) is 0 Å². The van der Waals surface area contributed by atoms with Crippen LogP contribution in [0, 0.1) is 0 Å². The Kier molecular flexibility index (Phi) is 2.04. The van der Waals surface area contributed by atoms with Gasteiger partial charge in [-0.15, -0.1) is 0 Å². The number of hydrogen-bond donors (Lipinski definition) is 2. The van der Waals surface area contributed by atoms with Gasteiger partial charge in [0.25, 0.3) is 0 Å². The van der Waals surface area contributed by atoms with E-state index in [1.54, 1.807) is 18.4 Å². The van der Waals surface area contributed by atoms with Crippen LogP contribution in [0.3, 0.4) is 0 Å². The zero-order chi connectivity index (χ0) is 11.0. The zero-order valence-electron chi connectivity index (χ0n) is 8.55. The summed E-state index contributed by atoms with van der Waals surface area (Å²) >= 11 is 0. The Morgan fingerprint density at radius 1 is 1.12 bits per heavy atom. The van der Waals surface area contributed by atoms with Gasteiger partial charge in [-0.3, -0.25) is 0 Å². The molecule has 3 nitrogen and oxygen atoms in total. The van der Waals surface area contributed by atoms with E-state index < -0.39 is 6.10 Å². The van der Waals surface area contributed by atoms with Crippen molar-refractivity contribution in [1.29, 1.82) is 0 Å². The topological polar surface area (TPSA) is 49.2 Å². The van der Waals surface area contributed by atoms with Crippen LogP contribution in [-0.4, -0.2) is 10.1 Å². The maximum atomic E-state index is 10.2. The van der Waals surface area contributed by atoms with Crippen LogP contribution in [0.1, 0.15) is 17.4 Å². The molecule has 80 valence electrons. The van der Waals surface area contributed by atoms with Gasteiger partial charge < -0.3 is 14.5 Å². The summed E-state index contributed by atoms with van der Waals surface area (Å²) in [6.45, 7) is 0. The zero-order valence-corrected chi connectivity index (χ0v) is 8.55. The number of benzene rings is 1. The molecular weight excluding hydrogens is 202 g/mol. The van der Waals surface area contributed by atoms with Gasteiger partial charge in [-0.25, -0.2) is 0 Å². The summed E-state index contributed by atoms with van der Waals surface area (Å²) in [5.41, 5.74) is 1.87. The van der Waals surface area contributed by atoms with Gasteiger partial charge in [0.05, 0.1) is 6.26 Å². The van der Waals surface area contributed by atoms with Gasteiger partial charge in [-0.05, 0) is 29.8 Å². The van der Waals surface area contributed by atoms with Crippen molar-refractivity contribution in [3.8, 4) is 0 Å². The van der Waals surface area contributed by atoms with E-state index in [4.69, 9.17) is 4.42 Å². The van der Waals surface area contributed by atoms with E-state index in [2.05, 4.69) is 4.98 Å². The highest BCUT2D eigenvalue weighted by Crippen LogP contribution is 2.28.